The number of para-hydroxylation sites is 1. The molecule has 16 heavy (non-hydrogen) atoms. The summed E-state index contributed by atoms with van der Waals surface area (Å²) in [5, 5.41) is 0. The molecule has 0 aliphatic heterocycles. The molecule has 2 aromatic rings. The predicted octanol–water partition coefficient (Wildman–Crippen LogP) is 3.92. The number of ether oxygens (including phenoxy) is 1. The summed E-state index contributed by atoms with van der Waals surface area (Å²) in [5.74, 6) is 0.934. The molecule has 1 nitrogen and oxygen atoms in total. The summed E-state index contributed by atoms with van der Waals surface area (Å²) < 4.78 is 5.40. The largest absolute Gasteiger partial charge is 0.496 e. The molecule has 0 aromatic heterocycles. The number of hydrogen-bond donors (Lipinski definition) is 0. The summed E-state index contributed by atoms with van der Waals surface area (Å²) in [6, 6.07) is 16.6. The van der Waals surface area contributed by atoms with Crippen molar-refractivity contribution < 1.29 is 4.74 Å². The average molecular weight is 212 g/mol. The maximum absolute atomic E-state index is 5.40. The predicted molar refractivity (Wildman–Crippen MR) is 67.8 cm³/mol. The highest BCUT2D eigenvalue weighted by Crippen LogP contribution is 2.31. The van der Waals surface area contributed by atoms with E-state index in [2.05, 4.69) is 37.3 Å². The molecule has 0 saturated heterocycles. The molecule has 0 unspecified atom stereocenters. The molecule has 2 aromatic carbocycles. The van der Waals surface area contributed by atoms with E-state index >= 15 is 0 Å². The van der Waals surface area contributed by atoms with Crippen molar-refractivity contribution in [2.75, 3.05) is 7.11 Å². The fourth-order valence-electron chi connectivity index (χ4n) is 1.96. The molecule has 0 amide bonds. The molecule has 0 fully saturated rings. The van der Waals surface area contributed by atoms with Crippen molar-refractivity contribution >= 4 is 0 Å². The second-order valence-corrected chi connectivity index (χ2v) is 3.71. The van der Waals surface area contributed by atoms with Gasteiger partial charge in [0.1, 0.15) is 5.75 Å². The standard InChI is InChI=1S/C15H16O/c1-3-12-8-4-5-9-13(12)14-10-6-7-11-15(14)16-2/h4-11H,3H2,1-2H3. The first kappa shape index (κ1) is 10.7. The highest BCUT2D eigenvalue weighted by Gasteiger charge is 2.07. The number of methoxy groups -OCH3 is 1. The van der Waals surface area contributed by atoms with Gasteiger partial charge in [-0.2, -0.15) is 0 Å². The van der Waals surface area contributed by atoms with Gasteiger partial charge in [-0.25, -0.2) is 0 Å². The molecule has 0 radical (unpaired) electrons. The Bertz CT molecular complexity index is 429. The zero-order valence-electron chi connectivity index (χ0n) is 9.73. The van der Waals surface area contributed by atoms with Crippen LogP contribution in [0.2, 0.25) is 0 Å². The van der Waals surface area contributed by atoms with Gasteiger partial charge >= 0.3 is 0 Å². The van der Waals surface area contributed by atoms with Crippen LogP contribution in [0.15, 0.2) is 48.5 Å². The summed E-state index contributed by atoms with van der Waals surface area (Å²) >= 11 is 0. The molecule has 0 heterocycles. The van der Waals surface area contributed by atoms with Gasteiger partial charge < -0.3 is 4.74 Å². The van der Waals surface area contributed by atoms with Crippen LogP contribution in [0, 0.1) is 0 Å². The van der Waals surface area contributed by atoms with Crippen molar-refractivity contribution in [2.45, 2.75) is 13.3 Å². The van der Waals surface area contributed by atoms with E-state index in [0.717, 1.165) is 12.2 Å². The Morgan fingerprint density at radius 2 is 1.50 bits per heavy atom. The van der Waals surface area contributed by atoms with E-state index in [1.165, 1.54) is 16.7 Å². The van der Waals surface area contributed by atoms with Crippen LogP contribution in [0.4, 0.5) is 0 Å². The van der Waals surface area contributed by atoms with Crippen molar-refractivity contribution in [1.82, 2.24) is 0 Å². The maximum Gasteiger partial charge on any atom is 0.126 e. The Balaban J connectivity index is 2.58. The van der Waals surface area contributed by atoms with Crippen LogP contribution in [0.3, 0.4) is 0 Å². The Kier molecular flexibility index (Phi) is 3.25. The molecule has 0 spiro atoms. The van der Waals surface area contributed by atoms with Crippen molar-refractivity contribution in [3.05, 3.63) is 54.1 Å². The van der Waals surface area contributed by atoms with E-state index in [1.807, 2.05) is 18.2 Å². The zero-order valence-corrected chi connectivity index (χ0v) is 9.73. The van der Waals surface area contributed by atoms with Gasteiger partial charge in [0.05, 0.1) is 7.11 Å². The number of benzene rings is 2. The maximum atomic E-state index is 5.40. The molecular formula is C15H16O. The van der Waals surface area contributed by atoms with Gasteiger partial charge in [-0.05, 0) is 23.6 Å². The Hall–Kier alpha value is -1.76. The van der Waals surface area contributed by atoms with E-state index in [4.69, 9.17) is 4.74 Å². The van der Waals surface area contributed by atoms with Gasteiger partial charge in [0, 0.05) is 5.56 Å². The number of hydrogen-bond acceptors (Lipinski definition) is 1. The Morgan fingerprint density at radius 1 is 0.875 bits per heavy atom. The first-order valence-electron chi connectivity index (χ1n) is 5.58. The highest BCUT2D eigenvalue weighted by atomic mass is 16.5. The lowest BCUT2D eigenvalue weighted by atomic mass is 9.97. The van der Waals surface area contributed by atoms with Crippen LogP contribution in [0.5, 0.6) is 5.75 Å². The highest BCUT2D eigenvalue weighted by molar-refractivity contribution is 5.73. The van der Waals surface area contributed by atoms with Gasteiger partial charge in [0.15, 0.2) is 0 Å². The first-order valence-corrected chi connectivity index (χ1v) is 5.58. The molecular weight excluding hydrogens is 196 g/mol. The molecule has 0 N–H and O–H groups in total. The van der Waals surface area contributed by atoms with Crippen LogP contribution in [0.1, 0.15) is 12.5 Å². The fourth-order valence-corrected chi connectivity index (χ4v) is 1.96. The minimum absolute atomic E-state index is 0.934. The van der Waals surface area contributed by atoms with E-state index in [1.54, 1.807) is 7.11 Å². The third-order valence-electron chi connectivity index (χ3n) is 2.80. The van der Waals surface area contributed by atoms with Crippen molar-refractivity contribution in [1.29, 1.82) is 0 Å². The van der Waals surface area contributed by atoms with Crippen LogP contribution < -0.4 is 4.74 Å². The molecule has 0 atom stereocenters. The fraction of sp³-hybridized carbons (Fsp3) is 0.200. The topological polar surface area (TPSA) is 9.23 Å². The first-order chi connectivity index (χ1) is 7.86. The van der Waals surface area contributed by atoms with Gasteiger partial charge in [-0.3, -0.25) is 0 Å². The van der Waals surface area contributed by atoms with Crippen LogP contribution in [-0.4, -0.2) is 7.11 Å². The molecule has 0 saturated carbocycles. The molecule has 0 aliphatic rings. The lowest BCUT2D eigenvalue weighted by Gasteiger charge is -2.11. The summed E-state index contributed by atoms with van der Waals surface area (Å²) in [5.41, 5.74) is 3.79. The minimum atomic E-state index is 0.934. The Labute approximate surface area is 96.7 Å². The van der Waals surface area contributed by atoms with Crippen molar-refractivity contribution in [2.24, 2.45) is 0 Å². The second-order valence-electron chi connectivity index (χ2n) is 3.71. The van der Waals surface area contributed by atoms with E-state index < -0.39 is 0 Å². The van der Waals surface area contributed by atoms with E-state index in [0.29, 0.717) is 0 Å². The average Bonchev–Trinajstić information content (AvgIpc) is 2.38. The van der Waals surface area contributed by atoms with E-state index in [9.17, 15) is 0 Å². The summed E-state index contributed by atoms with van der Waals surface area (Å²) in [4.78, 5) is 0. The summed E-state index contributed by atoms with van der Waals surface area (Å²) in [6.45, 7) is 2.17. The molecule has 82 valence electrons. The lowest BCUT2D eigenvalue weighted by Crippen LogP contribution is -1.91. The van der Waals surface area contributed by atoms with E-state index in [-0.39, 0.29) is 0 Å². The van der Waals surface area contributed by atoms with Gasteiger partial charge in [-0.15, -0.1) is 0 Å². The second kappa shape index (κ2) is 4.84. The minimum Gasteiger partial charge on any atom is -0.496 e. The van der Waals surface area contributed by atoms with Crippen LogP contribution in [0.25, 0.3) is 11.1 Å². The van der Waals surface area contributed by atoms with Crippen molar-refractivity contribution in [3.8, 4) is 16.9 Å². The zero-order chi connectivity index (χ0) is 11.4. The SMILES string of the molecule is CCc1ccccc1-c1ccccc1OC. The van der Waals surface area contributed by atoms with Gasteiger partial charge in [0.2, 0.25) is 0 Å². The third-order valence-corrected chi connectivity index (χ3v) is 2.80. The summed E-state index contributed by atoms with van der Waals surface area (Å²) in [6.07, 6.45) is 1.04. The summed E-state index contributed by atoms with van der Waals surface area (Å²) in [7, 11) is 1.72. The number of aryl methyl sites for hydroxylation is 1. The monoisotopic (exact) mass is 212 g/mol. The molecule has 1 heteroatoms. The van der Waals surface area contributed by atoms with Gasteiger partial charge in [-0.1, -0.05) is 49.4 Å². The van der Waals surface area contributed by atoms with Crippen LogP contribution in [-0.2, 0) is 6.42 Å². The smallest absolute Gasteiger partial charge is 0.126 e. The third kappa shape index (κ3) is 1.94. The Morgan fingerprint density at radius 3 is 2.19 bits per heavy atom. The molecule has 0 bridgehead atoms. The number of rotatable bonds is 3. The van der Waals surface area contributed by atoms with Crippen molar-refractivity contribution in [3.63, 3.8) is 0 Å². The molecule has 2 rings (SSSR count). The normalized spacial score (nSPS) is 10.1. The molecule has 0 aliphatic carbocycles. The quantitative estimate of drug-likeness (QED) is 0.749. The lowest BCUT2D eigenvalue weighted by molar-refractivity contribution is 0.416. The van der Waals surface area contributed by atoms with Gasteiger partial charge in [0.25, 0.3) is 0 Å². The van der Waals surface area contributed by atoms with Crippen LogP contribution >= 0.6 is 0 Å².